The van der Waals surface area contributed by atoms with E-state index < -0.39 is 0 Å². The van der Waals surface area contributed by atoms with Crippen LogP contribution < -0.4 is 5.32 Å². The molecule has 1 aromatic heterocycles. The van der Waals surface area contributed by atoms with Gasteiger partial charge in [0.25, 0.3) is 0 Å². The zero-order chi connectivity index (χ0) is 13.5. The van der Waals surface area contributed by atoms with E-state index >= 15 is 0 Å². The average molecular weight is 284 g/mol. The number of aromatic nitrogens is 2. The highest BCUT2D eigenvalue weighted by molar-refractivity contribution is 6.29. The van der Waals surface area contributed by atoms with Crippen molar-refractivity contribution in [3.63, 3.8) is 0 Å². The van der Waals surface area contributed by atoms with Gasteiger partial charge in [-0.15, -0.1) is 0 Å². The van der Waals surface area contributed by atoms with Crippen molar-refractivity contribution in [1.29, 1.82) is 0 Å². The predicted molar refractivity (Wildman–Crippen MR) is 77.9 cm³/mol. The van der Waals surface area contributed by atoms with Crippen LogP contribution in [0.15, 0.2) is 6.07 Å². The van der Waals surface area contributed by atoms with Crippen LogP contribution in [0.1, 0.15) is 50.3 Å². The Balaban J connectivity index is 1.97. The molecule has 5 heteroatoms. The Morgan fingerprint density at radius 3 is 2.84 bits per heavy atom. The number of methoxy groups -OCH3 is 1. The van der Waals surface area contributed by atoms with Crippen LogP contribution in [0.3, 0.4) is 0 Å². The summed E-state index contributed by atoms with van der Waals surface area (Å²) in [4.78, 5) is 9.00. The minimum Gasteiger partial charge on any atom is -0.385 e. The van der Waals surface area contributed by atoms with E-state index in [9.17, 15) is 0 Å². The molecule has 0 aliphatic heterocycles. The van der Waals surface area contributed by atoms with Crippen LogP contribution in [0, 0.1) is 0 Å². The molecule has 0 aromatic carbocycles. The van der Waals surface area contributed by atoms with Gasteiger partial charge in [-0.2, -0.15) is 0 Å². The fraction of sp³-hybridized carbons (Fsp3) is 0.714. The minimum atomic E-state index is 0.479. The van der Waals surface area contributed by atoms with Crippen LogP contribution in [-0.4, -0.2) is 30.2 Å². The zero-order valence-electron chi connectivity index (χ0n) is 11.5. The van der Waals surface area contributed by atoms with Gasteiger partial charge in [-0.05, 0) is 19.3 Å². The van der Waals surface area contributed by atoms with Crippen LogP contribution in [0.5, 0.6) is 0 Å². The lowest BCUT2D eigenvalue weighted by atomic mass is 9.89. The number of nitrogens with one attached hydrogen (secondary N) is 1. The van der Waals surface area contributed by atoms with Crippen molar-refractivity contribution >= 4 is 17.4 Å². The highest BCUT2D eigenvalue weighted by Crippen LogP contribution is 2.31. The van der Waals surface area contributed by atoms with E-state index in [1.54, 1.807) is 13.2 Å². The maximum Gasteiger partial charge on any atom is 0.135 e. The highest BCUT2D eigenvalue weighted by atomic mass is 35.5. The first-order chi connectivity index (χ1) is 9.29. The van der Waals surface area contributed by atoms with Crippen molar-refractivity contribution in [1.82, 2.24) is 9.97 Å². The molecule has 0 bridgehead atoms. The van der Waals surface area contributed by atoms with Gasteiger partial charge in [0.1, 0.15) is 16.8 Å². The van der Waals surface area contributed by atoms with E-state index in [-0.39, 0.29) is 0 Å². The Kier molecular flexibility index (Phi) is 5.86. The fourth-order valence-corrected chi connectivity index (χ4v) is 2.69. The molecule has 0 radical (unpaired) electrons. The Hall–Kier alpha value is -0.870. The van der Waals surface area contributed by atoms with Crippen molar-refractivity contribution in [2.45, 2.75) is 44.4 Å². The van der Waals surface area contributed by atoms with E-state index in [0.717, 1.165) is 31.2 Å². The van der Waals surface area contributed by atoms with Gasteiger partial charge in [-0.3, -0.25) is 0 Å². The Labute approximate surface area is 119 Å². The summed E-state index contributed by atoms with van der Waals surface area (Å²) in [6, 6.07) is 1.79. The van der Waals surface area contributed by atoms with Crippen LogP contribution in [0.2, 0.25) is 5.15 Å². The second kappa shape index (κ2) is 7.65. The number of hydrogen-bond acceptors (Lipinski definition) is 4. The van der Waals surface area contributed by atoms with Crippen molar-refractivity contribution in [2.75, 3.05) is 25.6 Å². The monoisotopic (exact) mass is 283 g/mol. The smallest absolute Gasteiger partial charge is 0.135 e. The molecule has 0 saturated heterocycles. The summed E-state index contributed by atoms with van der Waals surface area (Å²) in [5.74, 6) is 2.21. The van der Waals surface area contributed by atoms with Gasteiger partial charge < -0.3 is 10.1 Å². The summed E-state index contributed by atoms with van der Waals surface area (Å²) in [5, 5.41) is 3.82. The van der Waals surface area contributed by atoms with E-state index in [0.29, 0.717) is 11.1 Å². The third-order valence-corrected chi connectivity index (χ3v) is 3.71. The molecule has 1 aliphatic rings. The van der Waals surface area contributed by atoms with Crippen molar-refractivity contribution in [3.05, 3.63) is 17.0 Å². The van der Waals surface area contributed by atoms with Crippen LogP contribution in [0.25, 0.3) is 0 Å². The highest BCUT2D eigenvalue weighted by Gasteiger charge is 2.19. The molecule has 1 heterocycles. The van der Waals surface area contributed by atoms with Gasteiger partial charge in [0, 0.05) is 32.2 Å². The average Bonchev–Trinajstić information content (AvgIpc) is 2.44. The number of nitrogens with zero attached hydrogens (tertiary/aromatic N) is 2. The Morgan fingerprint density at radius 1 is 1.32 bits per heavy atom. The number of hydrogen-bond donors (Lipinski definition) is 1. The molecular formula is C14H22ClN3O. The second-order valence-corrected chi connectivity index (χ2v) is 5.43. The molecule has 0 spiro atoms. The van der Waals surface area contributed by atoms with Gasteiger partial charge in [-0.1, -0.05) is 30.9 Å². The van der Waals surface area contributed by atoms with Crippen molar-refractivity contribution < 1.29 is 4.74 Å². The van der Waals surface area contributed by atoms with Gasteiger partial charge in [0.2, 0.25) is 0 Å². The molecule has 2 rings (SSSR count). The third kappa shape index (κ3) is 4.62. The molecule has 1 N–H and O–H groups in total. The maximum atomic E-state index is 6.09. The largest absolute Gasteiger partial charge is 0.385 e. The Bertz CT molecular complexity index is 394. The number of ether oxygens (including phenoxy) is 1. The summed E-state index contributed by atoms with van der Waals surface area (Å²) < 4.78 is 5.02. The molecule has 4 nitrogen and oxygen atoms in total. The van der Waals surface area contributed by atoms with Gasteiger partial charge >= 0.3 is 0 Å². The van der Waals surface area contributed by atoms with Crippen LogP contribution >= 0.6 is 11.6 Å². The first-order valence-electron chi connectivity index (χ1n) is 7.07. The lowest BCUT2D eigenvalue weighted by Gasteiger charge is -2.20. The summed E-state index contributed by atoms with van der Waals surface area (Å²) in [6.07, 6.45) is 7.21. The molecule has 106 valence electrons. The summed E-state index contributed by atoms with van der Waals surface area (Å²) in [5.41, 5.74) is 0. The van der Waals surface area contributed by atoms with Gasteiger partial charge in [0.15, 0.2) is 0 Å². The van der Waals surface area contributed by atoms with E-state index in [1.807, 2.05) is 0 Å². The fourth-order valence-electron chi connectivity index (χ4n) is 2.50. The SMILES string of the molecule is COCCCNc1cc(Cl)nc(C2CCCCC2)n1. The van der Waals surface area contributed by atoms with E-state index in [1.165, 1.54) is 32.1 Å². The van der Waals surface area contributed by atoms with Crippen molar-refractivity contribution in [2.24, 2.45) is 0 Å². The lowest BCUT2D eigenvalue weighted by Crippen LogP contribution is -2.12. The zero-order valence-corrected chi connectivity index (χ0v) is 12.2. The molecule has 1 aromatic rings. The molecule has 1 aliphatic carbocycles. The first kappa shape index (κ1) is 14.5. The van der Waals surface area contributed by atoms with Crippen LogP contribution in [0.4, 0.5) is 5.82 Å². The quantitative estimate of drug-likeness (QED) is 0.640. The molecule has 1 saturated carbocycles. The molecular weight excluding hydrogens is 262 g/mol. The lowest BCUT2D eigenvalue weighted by molar-refractivity contribution is 0.197. The molecule has 1 fully saturated rings. The Morgan fingerprint density at radius 2 is 2.11 bits per heavy atom. The third-order valence-electron chi connectivity index (χ3n) is 3.51. The second-order valence-electron chi connectivity index (χ2n) is 5.04. The molecule has 0 amide bonds. The number of anilines is 1. The minimum absolute atomic E-state index is 0.479. The van der Waals surface area contributed by atoms with E-state index in [4.69, 9.17) is 16.3 Å². The standard InChI is InChI=1S/C14H22ClN3O/c1-19-9-5-8-16-13-10-12(15)17-14(18-13)11-6-3-2-4-7-11/h10-11H,2-9H2,1H3,(H,16,17,18). The maximum absolute atomic E-state index is 6.09. The summed E-state index contributed by atoms with van der Waals surface area (Å²) in [7, 11) is 1.71. The summed E-state index contributed by atoms with van der Waals surface area (Å²) in [6.45, 7) is 1.59. The van der Waals surface area contributed by atoms with Crippen LogP contribution in [-0.2, 0) is 4.74 Å². The molecule has 0 atom stereocenters. The van der Waals surface area contributed by atoms with E-state index in [2.05, 4.69) is 15.3 Å². The van der Waals surface area contributed by atoms with Gasteiger partial charge in [0.05, 0.1) is 0 Å². The number of halogens is 1. The number of rotatable bonds is 6. The normalized spacial score (nSPS) is 16.5. The summed E-state index contributed by atoms with van der Waals surface area (Å²) >= 11 is 6.09. The van der Waals surface area contributed by atoms with Gasteiger partial charge in [-0.25, -0.2) is 9.97 Å². The predicted octanol–water partition coefficient (Wildman–Crippen LogP) is 3.63. The van der Waals surface area contributed by atoms with Crippen molar-refractivity contribution in [3.8, 4) is 0 Å². The molecule has 19 heavy (non-hydrogen) atoms. The topological polar surface area (TPSA) is 47.0 Å². The first-order valence-corrected chi connectivity index (χ1v) is 7.44. The molecule has 0 unspecified atom stereocenters.